The van der Waals surface area contributed by atoms with Crippen molar-refractivity contribution in [3.8, 4) is 0 Å². The summed E-state index contributed by atoms with van der Waals surface area (Å²) >= 11 is 8.88. The first-order valence-electron chi connectivity index (χ1n) is 4.56. The molecule has 0 unspecified atom stereocenters. The zero-order valence-electron chi connectivity index (χ0n) is 8.04. The van der Waals surface area contributed by atoms with Gasteiger partial charge in [-0.1, -0.05) is 15.9 Å². The second kappa shape index (κ2) is 6.74. The number of aromatic nitrogens is 2. The number of carbonyl (C=O) groups excluding carboxylic acids is 1. The van der Waals surface area contributed by atoms with Gasteiger partial charge in [0.1, 0.15) is 5.82 Å². The smallest absolute Gasteiger partial charge is 0.225 e. The molecule has 6 heteroatoms. The van der Waals surface area contributed by atoms with E-state index in [-0.39, 0.29) is 11.2 Å². The zero-order valence-corrected chi connectivity index (χ0v) is 10.4. The van der Waals surface area contributed by atoms with E-state index in [1.807, 2.05) is 0 Å². The van der Waals surface area contributed by atoms with Crippen LogP contribution in [-0.2, 0) is 4.79 Å². The molecule has 82 valence electrons. The minimum absolute atomic E-state index is 0.0503. The molecule has 1 rings (SSSR count). The Hall–Kier alpha value is -0.680. The first-order valence-corrected chi connectivity index (χ1v) is 6.06. The predicted molar refractivity (Wildman–Crippen MR) is 63.3 cm³/mol. The Morgan fingerprint density at radius 2 is 2.33 bits per heavy atom. The van der Waals surface area contributed by atoms with Crippen molar-refractivity contribution in [3.05, 3.63) is 17.5 Å². The van der Waals surface area contributed by atoms with E-state index in [1.54, 1.807) is 6.07 Å². The highest BCUT2D eigenvalue weighted by molar-refractivity contribution is 9.09. The molecule has 0 spiro atoms. The molecule has 1 aromatic heterocycles. The van der Waals surface area contributed by atoms with E-state index < -0.39 is 0 Å². The number of unbranched alkanes of at least 4 members (excludes halogenated alkanes) is 1. The number of amides is 1. The van der Waals surface area contributed by atoms with E-state index in [1.165, 1.54) is 6.20 Å². The molecule has 0 aromatic carbocycles. The van der Waals surface area contributed by atoms with Gasteiger partial charge in [-0.25, -0.2) is 9.97 Å². The maximum Gasteiger partial charge on any atom is 0.225 e. The van der Waals surface area contributed by atoms with Crippen LogP contribution in [0.15, 0.2) is 12.3 Å². The van der Waals surface area contributed by atoms with Crippen LogP contribution in [-0.4, -0.2) is 21.2 Å². The van der Waals surface area contributed by atoms with Gasteiger partial charge in [0.15, 0.2) is 0 Å². The minimum atomic E-state index is -0.0503. The van der Waals surface area contributed by atoms with Crippen LogP contribution in [0.25, 0.3) is 0 Å². The summed E-state index contributed by atoms with van der Waals surface area (Å²) in [6, 6.07) is 1.61. The van der Waals surface area contributed by atoms with Gasteiger partial charge in [-0.3, -0.25) is 4.79 Å². The number of nitrogens with zero attached hydrogens (tertiary/aromatic N) is 2. The SMILES string of the molecule is O=C(CCCCBr)Nc1ccnc(Cl)n1. The number of hydrogen-bond donors (Lipinski definition) is 1. The fourth-order valence-electron chi connectivity index (χ4n) is 0.990. The van der Waals surface area contributed by atoms with Crippen LogP contribution in [0.2, 0.25) is 5.28 Å². The average molecular weight is 293 g/mol. The quantitative estimate of drug-likeness (QED) is 0.516. The Balaban J connectivity index is 2.37. The Morgan fingerprint density at radius 3 is 3.00 bits per heavy atom. The second-order valence-electron chi connectivity index (χ2n) is 2.91. The first-order chi connectivity index (χ1) is 7.22. The molecule has 4 nitrogen and oxygen atoms in total. The Kier molecular flexibility index (Phi) is 5.57. The summed E-state index contributed by atoms with van der Waals surface area (Å²) in [5, 5.41) is 3.70. The first kappa shape index (κ1) is 12.4. The Morgan fingerprint density at radius 1 is 1.53 bits per heavy atom. The number of halogens is 2. The molecule has 0 saturated heterocycles. The number of nitrogens with one attached hydrogen (secondary N) is 1. The molecule has 0 fully saturated rings. The van der Waals surface area contributed by atoms with Gasteiger partial charge in [-0.05, 0) is 30.5 Å². The van der Waals surface area contributed by atoms with Crippen LogP contribution in [0, 0.1) is 0 Å². The fourth-order valence-corrected chi connectivity index (χ4v) is 1.53. The lowest BCUT2D eigenvalue weighted by atomic mass is 10.2. The van der Waals surface area contributed by atoms with Crippen LogP contribution in [0.4, 0.5) is 5.82 Å². The summed E-state index contributed by atoms with van der Waals surface area (Å²) < 4.78 is 0. The molecule has 0 radical (unpaired) electrons. The summed E-state index contributed by atoms with van der Waals surface area (Å²) in [7, 11) is 0. The highest BCUT2D eigenvalue weighted by Crippen LogP contribution is 2.07. The Labute approximate surface area is 102 Å². The number of alkyl halides is 1. The van der Waals surface area contributed by atoms with Gasteiger partial charge in [0.05, 0.1) is 0 Å². The summed E-state index contributed by atoms with van der Waals surface area (Å²) in [5.74, 6) is 0.393. The Bertz CT molecular complexity index is 335. The molecule has 0 bridgehead atoms. The molecule has 1 amide bonds. The van der Waals surface area contributed by atoms with Crippen molar-refractivity contribution in [1.82, 2.24) is 9.97 Å². The van der Waals surface area contributed by atoms with Crippen molar-refractivity contribution in [3.63, 3.8) is 0 Å². The monoisotopic (exact) mass is 291 g/mol. The van der Waals surface area contributed by atoms with Gasteiger partial charge >= 0.3 is 0 Å². The van der Waals surface area contributed by atoms with Gasteiger partial charge in [0.25, 0.3) is 0 Å². The molecule has 0 aliphatic heterocycles. The third-order valence-electron chi connectivity index (χ3n) is 1.68. The molecule has 0 atom stereocenters. The highest BCUT2D eigenvalue weighted by atomic mass is 79.9. The molecule has 0 aliphatic rings. The van der Waals surface area contributed by atoms with Crippen LogP contribution in [0.5, 0.6) is 0 Å². The van der Waals surface area contributed by atoms with E-state index in [2.05, 4.69) is 31.2 Å². The second-order valence-corrected chi connectivity index (χ2v) is 4.04. The molecular weight excluding hydrogens is 281 g/mol. The van der Waals surface area contributed by atoms with E-state index in [9.17, 15) is 4.79 Å². The lowest BCUT2D eigenvalue weighted by Gasteiger charge is -2.03. The maximum absolute atomic E-state index is 11.4. The molecular formula is C9H11BrClN3O. The van der Waals surface area contributed by atoms with E-state index in [4.69, 9.17) is 11.6 Å². The van der Waals surface area contributed by atoms with Gasteiger partial charge in [-0.2, -0.15) is 0 Å². The fraction of sp³-hybridized carbons (Fsp3) is 0.444. The molecule has 1 N–H and O–H groups in total. The molecule has 15 heavy (non-hydrogen) atoms. The van der Waals surface area contributed by atoms with E-state index in [0.717, 1.165) is 18.2 Å². The minimum Gasteiger partial charge on any atom is -0.311 e. The van der Waals surface area contributed by atoms with Crippen molar-refractivity contribution in [2.24, 2.45) is 0 Å². The van der Waals surface area contributed by atoms with Crippen molar-refractivity contribution >= 4 is 39.3 Å². The van der Waals surface area contributed by atoms with Crippen molar-refractivity contribution in [2.45, 2.75) is 19.3 Å². The normalized spacial score (nSPS) is 10.0. The van der Waals surface area contributed by atoms with Crippen molar-refractivity contribution in [2.75, 3.05) is 10.6 Å². The molecule has 0 saturated carbocycles. The zero-order chi connectivity index (χ0) is 11.1. The van der Waals surface area contributed by atoms with Crippen LogP contribution in [0.3, 0.4) is 0 Å². The number of rotatable bonds is 5. The lowest BCUT2D eigenvalue weighted by Crippen LogP contribution is -2.12. The van der Waals surface area contributed by atoms with Crippen molar-refractivity contribution in [1.29, 1.82) is 0 Å². The summed E-state index contributed by atoms with van der Waals surface area (Å²) in [6.45, 7) is 0. The van der Waals surface area contributed by atoms with E-state index >= 15 is 0 Å². The predicted octanol–water partition coefficient (Wildman–Crippen LogP) is 2.63. The lowest BCUT2D eigenvalue weighted by molar-refractivity contribution is -0.116. The summed E-state index contributed by atoms with van der Waals surface area (Å²) in [4.78, 5) is 18.9. The maximum atomic E-state index is 11.4. The van der Waals surface area contributed by atoms with Gasteiger partial charge in [0.2, 0.25) is 11.2 Å². The van der Waals surface area contributed by atoms with Crippen molar-refractivity contribution < 1.29 is 4.79 Å². The number of hydrogen-bond acceptors (Lipinski definition) is 3. The molecule has 1 heterocycles. The third kappa shape index (κ3) is 5.09. The topological polar surface area (TPSA) is 54.9 Å². The highest BCUT2D eigenvalue weighted by Gasteiger charge is 2.03. The van der Waals surface area contributed by atoms with Crippen LogP contribution >= 0.6 is 27.5 Å². The summed E-state index contributed by atoms with van der Waals surface area (Å²) in [6.07, 6.45) is 3.84. The standard InChI is InChI=1S/C9H11BrClN3O/c10-5-2-1-3-8(15)13-7-4-6-12-9(11)14-7/h4,6H,1-3,5H2,(H,12,13,14,15). The summed E-state index contributed by atoms with van der Waals surface area (Å²) in [5.41, 5.74) is 0. The largest absolute Gasteiger partial charge is 0.311 e. The van der Waals surface area contributed by atoms with Crippen LogP contribution < -0.4 is 5.32 Å². The van der Waals surface area contributed by atoms with Gasteiger partial charge < -0.3 is 5.32 Å². The third-order valence-corrected chi connectivity index (χ3v) is 2.42. The number of carbonyl (C=O) groups is 1. The van der Waals surface area contributed by atoms with E-state index in [0.29, 0.717) is 12.2 Å². The molecule has 0 aliphatic carbocycles. The van der Waals surface area contributed by atoms with Crippen LogP contribution in [0.1, 0.15) is 19.3 Å². The number of anilines is 1. The molecule has 1 aromatic rings. The van der Waals surface area contributed by atoms with Gasteiger partial charge in [0, 0.05) is 17.9 Å². The average Bonchev–Trinajstić information content (AvgIpc) is 2.18. The van der Waals surface area contributed by atoms with Gasteiger partial charge in [-0.15, -0.1) is 0 Å².